The smallest absolute Gasteiger partial charge is 0.416 e. The van der Waals surface area contributed by atoms with Crippen molar-refractivity contribution in [3.63, 3.8) is 0 Å². The number of piperidine rings is 1. The highest BCUT2D eigenvalue weighted by Crippen LogP contribution is 2.49. The van der Waals surface area contributed by atoms with Crippen LogP contribution >= 0.6 is 0 Å². The van der Waals surface area contributed by atoms with Crippen LogP contribution in [0.25, 0.3) is 0 Å². The summed E-state index contributed by atoms with van der Waals surface area (Å²) in [6.07, 6.45) is -2.68. The fourth-order valence-corrected chi connectivity index (χ4v) is 3.40. The van der Waals surface area contributed by atoms with E-state index < -0.39 is 23.6 Å². The molecule has 24 heavy (non-hydrogen) atoms. The fourth-order valence-electron chi connectivity index (χ4n) is 3.40. The van der Waals surface area contributed by atoms with Crippen molar-refractivity contribution in [1.82, 2.24) is 4.90 Å². The monoisotopic (exact) mass is 341 g/mol. The van der Waals surface area contributed by atoms with Crippen LogP contribution in [0.5, 0.6) is 0 Å². The van der Waals surface area contributed by atoms with Crippen molar-refractivity contribution in [3.05, 3.63) is 35.4 Å². The Morgan fingerprint density at radius 2 is 2.00 bits per heavy atom. The summed E-state index contributed by atoms with van der Waals surface area (Å²) in [5, 5.41) is 9.08. The molecule has 1 saturated carbocycles. The first-order chi connectivity index (χ1) is 11.3. The second-order valence-corrected chi connectivity index (χ2v) is 6.53. The molecule has 1 amide bonds. The summed E-state index contributed by atoms with van der Waals surface area (Å²) in [4.78, 5) is 25.1. The number of benzene rings is 1. The Morgan fingerprint density at radius 3 is 2.67 bits per heavy atom. The molecular weight excluding hydrogens is 323 g/mol. The van der Waals surface area contributed by atoms with Gasteiger partial charge in [-0.3, -0.25) is 9.59 Å². The molecule has 1 aromatic carbocycles. The highest BCUT2D eigenvalue weighted by atomic mass is 19.4. The number of aliphatic carboxylic acids is 1. The van der Waals surface area contributed by atoms with Crippen LogP contribution < -0.4 is 0 Å². The summed E-state index contributed by atoms with van der Waals surface area (Å²) in [6, 6.07) is 5.10. The molecule has 0 bridgehead atoms. The summed E-state index contributed by atoms with van der Waals surface area (Å²) in [5.74, 6) is -2.12. The van der Waals surface area contributed by atoms with Gasteiger partial charge in [-0.05, 0) is 36.8 Å². The molecule has 4 nitrogen and oxygen atoms in total. The van der Waals surface area contributed by atoms with Gasteiger partial charge >= 0.3 is 12.1 Å². The van der Waals surface area contributed by atoms with Gasteiger partial charge in [-0.25, -0.2) is 0 Å². The second kappa shape index (κ2) is 6.11. The van der Waals surface area contributed by atoms with Gasteiger partial charge in [0.25, 0.3) is 0 Å². The molecule has 0 spiro atoms. The summed E-state index contributed by atoms with van der Waals surface area (Å²) < 4.78 is 38.4. The zero-order valence-corrected chi connectivity index (χ0v) is 12.9. The van der Waals surface area contributed by atoms with Gasteiger partial charge in [0.1, 0.15) is 0 Å². The van der Waals surface area contributed by atoms with E-state index in [0.717, 1.165) is 12.1 Å². The number of nitrogens with zero attached hydrogens (tertiary/aromatic N) is 1. The van der Waals surface area contributed by atoms with E-state index in [-0.39, 0.29) is 24.3 Å². The Balaban J connectivity index is 1.67. The third-order valence-electron chi connectivity index (χ3n) is 4.83. The highest BCUT2D eigenvalue weighted by Gasteiger charge is 2.47. The third kappa shape index (κ3) is 3.39. The molecule has 2 aliphatic rings. The second-order valence-electron chi connectivity index (χ2n) is 6.53. The Morgan fingerprint density at radius 1 is 1.25 bits per heavy atom. The van der Waals surface area contributed by atoms with Crippen molar-refractivity contribution in [2.24, 2.45) is 11.8 Å². The molecule has 0 aromatic heterocycles. The molecule has 0 radical (unpaired) electrons. The van der Waals surface area contributed by atoms with Crippen LogP contribution in [-0.4, -0.2) is 35.0 Å². The summed E-state index contributed by atoms with van der Waals surface area (Å²) >= 11 is 0. The lowest BCUT2D eigenvalue weighted by molar-refractivity contribution is -0.146. The molecule has 1 N–H and O–H groups in total. The Hall–Kier alpha value is -2.05. The van der Waals surface area contributed by atoms with E-state index in [2.05, 4.69) is 0 Å². The van der Waals surface area contributed by atoms with Gasteiger partial charge in [0.2, 0.25) is 5.91 Å². The number of alkyl halides is 3. The van der Waals surface area contributed by atoms with E-state index >= 15 is 0 Å². The number of carbonyl (C=O) groups excluding carboxylic acids is 1. The topological polar surface area (TPSA) is 57.6 Å². The first kappa shape index (κ1) is 16.8. The van der Waals surface area contributed by atoms with E-state index in [1.165, 1.54) is 6.07 Å². The summed E-state index contributed by atoms with van der Waals surface area (Å²) in [7, 11) is 0. The van der Waals surface area contributed by atoms with Crippen LogP contribution in [0.2, 0.25) is 0 Å². The zero-order chi connectivity index (χ0) is 17.5. The molecule has 2 fully saturated rings. The maximum atomic E-state index is 12.8. The lowest BCUT2D eigenvalue weighted by Gasteiger charge is -2.31. The van der Waals surface area contributed by atoms with Crippen molar-refractivity contribution in [2.45, 2.75) is 31.4 Å². The number of carboxylic acids is 1. The zero-order valence-electron chi connectivity index (χ0n) is 12.9. The highest BCUT2D eigenvalue weighted by molar-refractivity contribution is 5.84. The van der Waals surface area contributed by atoms with Gasteiger partial charge in [0.05, 0.1) is 11.5 Å². The molecule has 1 aromatic rings. The number of hydrogen-bond donors (Lipinski definition) is 1. The molecule has 130 valence electrons. The number of likely N-dealkylation sites (tertiary alicyclic amines) is 1. The number of hydrogen-bond acceptors (Lipinski definition) is 2. The molecule has 1 saturated heterocycles. The standard InChI is InChI=1S/C17H18F3NO3/c18-17(19,20)12-5-1-3-10(7-12)13-8-14(13)15(22)21-6-2-4-11(9-21)16(23)24/h1,3,5,7,11,13-14H,2,4,6,8-9H2,(H,23,24)/t11-,13-,14+/m1/s1. The van der Waals surface area contributed by atoms with Gasteiger partial charge in [0.15, 0.2) is 0 Å². The molecule has 1 aliphatic carbocycles. The normalized spacial score (nSPS) is 27.0. The first-order valence-electron chi connectivity index (χ1n) is 7.96. The molecule has 1 aliphatic heterocycles. The van der Waals surface area contributed by atoms with Crippen LogP contribution in [0, 0.1) is 11.8 Å². The van der Waals surface area contributed by atoms with Crippen LogP contribution in [0.4, 0.5) is 13.2 Å². The maximum Gasteiger partial charge on any atom is 0.416 e. The quantitative estimate of drug-likeness (QED) is 0.919. The summed E-state index contributed by atoms with van der Waals surface area (Å²) in [5.41, 5.74) is -0.183. The number of halogens is 3. The van der Waals surface area contributed by atoms with Gasteiger partial charge in [-0.1, -0.05) is 18.2 Å². The van der Waals surface area contributed by atoms with E-state index in [0.29, 0.717) is 31.4 Å². The minimum absolute atomic E-state index is 0.136. The van der Waals surface area contributed by atoms with Gasteiger partial charge in [-0.15, -0.1) is 0 Å². The number of rotatable bonds is 3. The number of carbonyl (C=O) groups is 2. The lowest BCUT2D eigenvalue weighted by atomic mass is 9.97. The molecule has 1 heterocycles. The Kier molecular flexibility index (Phi) is 4.27. The average molecular weight is 341 g/mol. The largest absolute Gasteiger partial charge is 0.481 e. The molecule has 3 atom stereocenters. The lowest BCUT2D eigenvalue weighted by Crippen LogP contribution is -2.43. The van der Waals surface area contributed by atoms with Gasteiger partial charge in [-0.2, -0.15) is 13.2 Å². The van der Waals surface area contributed by atoms with E-state index in [1.54, 1.807) is 11.0 Å². The van der Waals surface area contributed by atoms with Crippen LogP contribution in [0.15, 0.2) is 24.3 Å². The van der Waals surface area contributed by atoms with E-state index in [4.69, 9.17) is 5.11 Å². The third-order valence-corrected chi connectivity index (χ3v) is 4.83. The van der Waals surface area contributed by atoms with Crippen molar-refractivity contribution < 1.29 is 27.9 Å². The number of carboxylic acid groups (broad SMARTS) is 1. The van der Waals surface area contributed by atoms with Crippen LogP contribution in [-0.2, 0) is 15.8 Å². The summed E-state index contributed by atoms with van der Waals surface area (Å²) in [6.45, 7) is 0.717. The number of amides is 1. The average Bonchev–Trinajstić information content (AvgIpc) is 3.34. The molecule has 3 rings (SSSR count). The molecular formula is C17H18F3NO3. The van der Waals surface area contributed by atoms with Gasteiger partial charge in [0, 0.05) is 19.0 Å². The minimum atomic E-state index is -4.40. The van der Waals surface area contributed by atoms with Crippen molar-refractivity contribution in [3.8, 4) is 0 Å². The molecule has 7 heteroatoms. The van der Waals surface area contributed by atoms with Gasteiger partial charge < -0.3 is 10.0 Å². The van der Waals surface area contributed by atoms with Crippen molar-refractivity contribution >= 4 is 11.9 Å². The molecule has 0 unspecified atom stereocenters. The first-order valence-corrected chi connectivity index (χ1v) is 7.96. The maximum absolute atomic E-state index is 12.8. The van der Waals surface area contributed by atoms with Crippen molar-refractivity contribution in [2.75, 3.05) is 13.1 Å². The minimum Gasteiger partial charge on any atom is -0.481 e. The Bertz CT molecular complexity index is 659. The van der Waals surface area contributed by atoms with Crippen LogP contribution in [0.1, 0.15) is 36.3 Å². The predicted molar refractivity (Wildman–Crippen MR) is 79.2 cm³/mol. The van der Waals surface area contributed by atoms with Crippen LogP contribution in [0.3, 0.4) is 0 Å². The fraction of sp³-hybridized carbons (Fsp3) is 0.529. The van der Waals surface area contributed by atoms with E-state index in [9.17, 15) is 22.8 Å². The Labute approximate surface area is 137 Å². The SMILES string of the molecule is O=C(O)[C@@H]1CCCN(C(=O)[C@H]2C[C@@H]2c2cccc(C(F)(F)F)c2)C1. The predicted octanol–water partition coefficient (Wildman–Crippen LogP) is 3.13. The van der Waals surface area contributed by atoms with E-state index in [1.807, 2.05) is 0 Å². The van der Waals surface area contributed by atoms with Crippen molar-refractivity contribution in [1.29, 1.82) is 0 Å².